The van der Waals surface area contributed by atoms with Gasteiger partial charge in [-0.15, -0.1) is 0 Å². The lowest BCUT2D eigenvalue weighted by molar-refractivity contribution is 0.466. The lowest BCUT2D eigenvalue weighted by Gasteiger charge is -2.30. The summed E-state index contributed by atoms with van der Waals surface area (Å²) in [5.41, 5.74) is 1.24. The summed E-state index contributed by atoms with van der Waals surface area (Å²) < 4.78 is 0. The third-order valence-corrected chi connectivity index (χ3v) is 4.37. The van der Waals surface area contributed by atoms with E-state index in [1.165, 1.54) is 17.7 Å². The van der Waals surface area contributed by atoms with Crippen molar-refractivity contribution in [3.8, 4) is 0 Å². The molecule has 1 saturated heterocycles. The van der Waals surface area contributed by atoms with Crippen LogP contribution >= 0.6 is 23.4 Å². The molecule has 0 radical (unpaired) electrons. The van der Waals surface area contributed by atoms with Gasteiger partial charge in [-0.25, -0.2) is 0 Å². The lowest BCUT2D eigenvalue weighted by atomic mass is 10.1. The Hall–Kier alpha value is -0.180. The molecule has 1 aromatic rings. The van der Waals surface area contributed by atoms with E-state index >= 15 is 0 Å². The topological polar surface area (TPSA) is 12.0 Å². The molecule has 82 valence electrons. The van der Waals surface area contributed by atoms with Gasteiger partial charge in [-0.2, -0.15) is 11.8 Å². The van der Waals surface area contributed by atoms with Gasteiger partial charge in [0.25, 0.3) is 0 Å². The van der Waals surface area contributed by atoms with Crippen molar-refractivity contribution >= 4 is 23.4 Å². The van der Waals surface area contributed by atoms with Crippen LogP contribution < -0.4 is 5.32 Å². The summed E-state index contributed by atoms with van der Waals surface area (Å²) in [6.07, 6.45) is 1.19. The highest BCUT2D eigenvalue weighted by Crippen LogP contribution is 2.29. The predicted molar refractivity (Wildman–Crippen MR) is 68.7 cm³/mol. The van der Waals surface area contributed by atoms with E-state index in [0.29, 0.717) is 12.1 Å². The molecule has 1 aromatic carbocycles. The van der Waals surface area contributed by atoms with E-state index in [9.17, 15) is 0 Å². The van der Waals surface area contributed by atoms with Crippen LogP contribution in [0.25, 0.3) is 0 Å². The van der Waals surface area contributed by atoms with E-state index in [2.05, 4.69) is 24.4 Å². The average molecular weight is 242 g/mol. The predicted octanol–water partition coefficient (Wildman–Crippen LogP) is 3.50. The maximum Gasteiger partial charge on any atom is 0.0454 e. The summed E-state index contributed by atoms with van der Waals surface area (Å²) in [6.45, 7) is 2.23. The Morgan fingerprint density at radius 3 is 2.93 bits per heavy atom. The molecule has 0 amide bonds. The van der Waals surface area contributed by atoms with Gasteiger partial charge >= 0.3 is 0 Å². The van der Waals surface area contributed by atoms with Crippen LogP contribution in [0.3, 0.4) is 0 Å². The van der Waals surface area contributed by atoms with Gasteiger partial charge in [-0.3, -0.25) is 0 Å². The molecule has 2 unspecified atom stereocenters. The highest BCUT2D eigenvalue weighted by atomic mass is 35.5. The molecule has 1 N–H and O–H groups in total. The van der Waals surface area contributed by atoms with Crippen LogP contribution in [-0.4, -0.2) is 17.5 Å². The van der Waals surface area contributed by atoms with Gasteiger partial charge in [-0.05, 0) is 18.1 Å². The van der Waals surface area contributed by atoms with Crippen LogP contribution in [0, 0.1) is 0 Å². The highest BCUT2D eigenvalue weighted by Gasteiger charge is 2.22. The van der Waals surface area contributed by atoms with Crippen LogP contribution in [0.4, 0.5) is 0 Å². The first kappa shape index (κ1) is 11.3. The minimum absolute atomic E-state index is 0.419. The van der Waals surface area contributed by atoms with Crippen molar-refractivity contribution < 1.29 is 0 Å². The maximum absolute atomic E-state index is 6.20. The van der Waals surface area contributed by atoms with Crippen molar-refractivity contribution in [3.63, 3.8) is 0 Å². The minimum Gasteiger partial charge on any atom is -0.306 e. The number of halogens is 1. The van der Waals surface area contributed by atoms with Crippen molar-refractivity contribution in [2.75, 3.05) is 11.5 Å². The van der Waals surface area contributed by atoms with Crippen LogP contribution in [0.2, 0.25) is 5.02 Å². The van der Waals surface area contributed by atoms with Crippen LogP contribution in [0.15, 0.2) is 24.3 Å². The normalized spacial score (nSPS) is 26.5. The van der Waals surface area contributed by atoms with E-state index in [1.54, 1.807) is 0 Å². The van der Waals surface area contributed by atoms with E-state index in [-0.39, 0.29) is 0 Å². The summed E-state index contributed by atoms with van der Waals surface area (Å²) in [4.78, 5) is 0. The van der Waals surface area contributed by atoms with E-state index < -0.39 is 0 Å². The molecule has 0 bridgehead atoms. The first-order valence-corrected chi connectivity index (χ1v) is 6.92. The van der Waals surface area contributed by atoms with Gasteiger partial charge in [0.15, 0.2) is 0 Å². The molecular weight excluding hydrogens is 226 g/mol. The summed E-state index contributed by atoms with van der Waals surface area (Å²) in [6, 6.07) is 9.19. The molecule has 1 aliphatic heterocycles. The Kier molecular flexibility index (Phi) is 3.95. The maximum atomic E-state index is 6.20. The quantitative estimate of drug-likeness (QED) is 0.851. The van der Waals surface area contributed by atoms with Gasteiger partial charge < -0.3 is 5.32 Å². The fourth-order valence-electron chi connectivity index (χ4n) is 1.88. The molecule has 0 saturated carbocycles. The zero-order chi connectivity index (χ0) is 10.7. The molecule has 2 atom stereocenters. The minimum atomic E-state index is 0.419. The van der Waals surface area contributed by atoms with E-state index in [1.807, 2.05) is 23.9 Å². The molecule has 1 heterocycles. The Morgan fingerprint density at radius 1 is 1.40 bits per heavy atom. The first-order valence-electron chi connectivity index (χ1n) is 5.39. The van der Waals surface area contributed by atoms with Crippen molar-refractivity contribution in [1.29, 1.82) is 0 Å². The molecule has 3 heteroatoms. The van der Waals surface area contributed by atoms with Crippen LogP contribution in [-0.2, 0) is 0 Å². The Bertz CT molecular complexity index is 329. The average Bonchev–Trinajstić information content (AvgIpc) is 2.30. The second kappa shape index (κ2) is 5.24. The Labute approximate surface area is 101 Å². The number of benzene rings is 1. The first-order chi connectivity index (χ1) is 7.31. The number of hydrogen-bond donors (Lipinski definition) is 1. The summed E-state index contributed by atoms with van der Waals surface area (Å²) in [5, 5.41) is 4.54. The highest BCUT2D eigenvalue weighted by molar-refractivity contribution is 7.99. The zero-order valence-corrected chi connectivity index (χ0v) is 10.4. The van der Waals surface area contributed by atoms with Crippen LogP contribution in [0.5, 0.6) is 0 Å². The van der Waals surface area contributed by atoms with Gasteiger partial charge in [0.2, 0.25) is 0 Å². The molecule has 0 spiro atoms. The molecule has 2 rings (SSSR count). The van der Waals surface area contributed by atoms with Crippen LogP contribution in [0.1, 0.15) is 24.9 Å². The second-order valence-electron chi connectivity index (χ2n) is 3.88. The molecule has 1 aliphatic rings. The molecule has 0 aromatic heterocycles. The van der Waals surface area contributed by atoms with Crippen molar-refractivity contribution in [2.45, 2.75) is 25.4 Å². The fraction of sp³-hybridized carbons (Fsp3) is 0.500. The smallest absolute Gasteiger partial charge is 0.0454 e. The van der Waals surface area contributed by atoms with E-state index in [0.717, 1.165) is 10.8 Å². The van der Waals surface area contributed by atoms with Gasteiger partial charge in [-0.1, -0.05) is 36.7 Å². The molecule has 1 nitrogen and oxygen atoms in total. The molecular formula is C12H16ClNS. The molecule has 15 heavy (non-hydrogen) atoms. The van der Waals surface area contributed by atoms with E-state index in [4.69, 9.17) is 11.6 Å². The molecule has 0 aliphatic carbocycles. The summed E-state index contributed by atoms with van der Waals surface area (Å²) in [7, 11) is 0. The Balaban J connectivity index is 2.13. The van der Waals surface area contributed by atoms with Gasteiger partial charge in [0, 0.05) is 28.6 Å². The number of thioether (sulfide) groups is 1. The second-order valence-corrected chi connectivity index (χ2v) is 5.37. The van der Waals surface area contributed by atoms with Crippen molar-refractivity contribution in [1.82, 2.24) is 5.32 Å². The third kappa shape index (κ3) is 2.68. The Morgan fingerprint density at radius 2 is 2.20 bits per heavy atom. The summed E-state index contributed by atoms with van der Waals surface area (Å²) in [5.74, 6) is 2.34. The fourth-order valence-corrected chi connectivity index (χ4v) is 3.41. The number of rotatable bonds is 2. The monoisotopic (exact) mass is 241 g/mol. The van der Waals surface area contributed by atoms with Crippen molar-refractivity contribution in [3.05, 3.63) is 34.9 Å². The zero-order valence-electron chi connectivity index (χ0n) is 8.87. The largest absolute Gasteiger partial charge is 0.306 e. The lowest BCUT2D eigenvalue weighted by Crippen LogP contribution is -2.39. The number of nitrogens with one attached hydrogen (secondary N) is 1. The van der Waals surface area contributed by atoms with Gasteiger partial charge in [0.1, 0.15) is 0 Å². The molecule has 1 fully saturated rings. The SMILES string of the molecule is CCC1CSCC(c2ccccc2Cl)N1. The van der Waals surface area contributed by atoms with Crippen molar-refractivity contribution in [2.24, 2.45) is 0 Å². The summed E-state index contributed by atoms with van der Waals surface area (Å²) >= 11 is 8.22. The standard InChI is InChI=1S/C12H16ClNS/c1-2-9-7-15-8-12(14-9)10-5-3-4-6-11(10)13/h3-6,9,12,14H,2,7-8H2,1H3. The van der Waals surface area contributed by atoms with Gasteiger partial charge in [0.05, 0.1) is 0 Å². The number of hydrogen-bond acceptors (Lipinski definition) is 2. The third-order valence-electron chi connectivity index (χ3n) is 2.81.